The Morgan fingerprint density at radius 1 is 1.21 bits per heavy atom. The average Bonchev–Trinajstić information content (AvgIpc) is 2.55. The summed E-state index contributed by atoms with van der Waals surface area (Å²) < 4.78 is 23.0. The first-order valence-electron chi connectivity index (χ1n) is 7.46. The standard InChI is InChI=1S/C14H27NO3S/c1-3-5-7-13(4-2)12-14(16)15-8-6-10-19(17,18)11-9-15/h13H,3-12H2,1-2H3. The van der Waals surface area contributed by atoms with E-state index in [0.29, 0.717) is 31.8 Å². The summed E-state index contributed by atoms with van der Waals surface area (Å²) >= 11 is 0. The number of hydrogen-bond acceptors (Lipinski definition) is 3. The number of rotatable bonds is 6. The Bertz CT molecular complexity index is 378. The van der Waals surface area contributed by atoms with Gasteiger partial charge in [-0.15, -0.1) is 0 Å². The van der Waals surface area contributed by atoms with Crippen molar-refractivity contribution >= 4 is 15.7 Å². The molecule has 112 valence electrons. The van der Waals surface area contributed by atoms with E-state index >= 15 is 0 Å². The summed E-state index contributed by atoms with van der Waals surface area (Å²) in [6.07, 6.45) is 5.62. The van der Waals surface area contributed by atoms with Crippen LogP contribution in [0.4, 0.5) is 0 Å². The van der Waals surface area contributed by atoms with Crippen molar-refractivity contribution in [2.75, 3.05) is 24.6 Å². The summed E-state index contributed by atoms with van der Waals surface area (Å²) in [6.45, 7) is 5.27. The molecule has 1 rings (SSSR count). The van der Waals surface area contributed by atoms with Gasteiger partial charge in [0.05, 0.1) is 11.5 Å². The van der Waals surface area contributed by atoms with Crippen molar-refractivity contribution in [2.45, 2.75) is 52.4 Å². The number of amides is 1. The topological polar surface area (TPSA) is 54.5 Å². The first-order valence-corrected chi connectivity index (χ1v) is 9.28. The molecule has 0 aromatic heterocycles. The normalized spacial score (nSPS) is 20.8. The molecule has 1 amide bonds. The summed E-state index contributed by atoms with van der Waals surface area (Å²) in [5.41, 5.74) is 0. The summed E-state index contributed by atoms with van der Waals surface area (Å²) in [4.78, 5) is 14.0. The third-order valence-electron chi connectivity index (χ3n) is 3.91. The zero-order chi connectivity index (χ0) is 14.3. The quantitative estimate of drug-likeness (QED) is 0.753. The molecule has 0 radical (unpaired) electrons. The lowest BCUT2D eigenvalue weighted by molar-refractivity contribution is -0.132. The minimum atomic E-state index is -2.93. The van der Waals surface area contributed by atoms with Gasteiger partial charge in [0.15, 0.2) is 9.84 Å². The van der Waals surface area contributed by atoms with E-state index in [4.69, 9.17) is 0 Å². The second kappa shape index (κ2) is 7.88. The van der Waals surface area contributed by atoms with E-state index in [1.807, 2.05) is 0 Å². The Morgan fingerprint density at radius 3 is 2.58 bits per heavy atom. The number of sulfone groups is 1. The molecule has 0 aromatic rings. The minimum absolute atomic E-state index is 0.129. The SMILES string of the molecule is CCCCC(CC)CC(=O)N1CCCS(=O)(=O)CC1. The lowest BCUT2D eigenvalue weighted by atomic mass is 9.95. The number of nitrogens with zero attached hydrogens (tertiary/aromatic N) is 1. The van der Waals surface area contributed by atoms with E-state index in [-0.39, 0.29) is 17.4 Å². The summed E-state index contributed by atoms with van der Waals surface area (Å²) in [7, 11) is -2.93. The van der Waals surface area contributed by atoms with Gasteiger partial charge in [-0.3, -0.25) is 4.79 Å². The highest BCUT2D eigenvalue weighted by Crippen LogP contribution is 2.18. The lowest BCUT2D eigenvalue weighted by Gasteiger charge is -2.22. The van der Waals surface area contributed by atoms with Gasteiger partial charge in [0, 0.05) is 19.5 Å². The molecule has 5 heteroatoms. The first kappa shape index (κ1) is 16.5. The predicted molar refractivity (Wildman–Crippen MR) is 77.8 cm³/mol. The average molecular weight is 289 g/mol. The van der Waals surface area contributed by atoms with Crippen molar-refractivity contribution in [3.8, 4) is 0 Å². The van der Waals surface area contributed by atoms with Gasteiger partial charge < -0.3 is 4.90 Å². The fraction of sp³-hybridized carbons (Fsp3) is 0.929. The van der Waals surface area contributed by atoms with Crippen LogP contribution in [0, 0.1) is 5.92 Å². The summed E-state index contributed by atoms with van der Waals surface area (Å²) in [6, 6.07) is 0. The minimum Gasteiger partial charge on any atom is -0.342 e. The third-order valence-corrected chi connectivity index (χ3v) is 5.63. The van der Waals surface area contributed by atoms with Crippen LogP contribution in [0.2, 0.25) is 0 Å². The van der Waals surface area contributed by atoms with E-state index in [1.165, 1.54) is 6.42 Å². The molecule has 19 heavy (non-hydrogen) atoms. The fourth-order valence-electron chi connectivity index (χ4n) is 2.51. The molecular weight excluding hydrogens is 262 g/mol. The molecule has 1 unspecified atom stereocenters. The Balaban J connectivity index is 2.48. The van der Waals surface area contributed by atoms with Gasteiger partial charge in [0.2, 0.25) is 5.91 Å². The number of carbonyl (C=O) groups excluding carboxylic acids is 1. The molecule has 0 spiro atoms. The van der Waals surface area contributed by atoms with Crippen molar-refractivity contribution in [3.63, 3.8) is 0 Å². The molecule has 1 fully saturated rings. The number of hydrogen-bond donors (Lipinski definition) is 0. The largest absolute Gasteiger partial charge is 0.342 e. The molecule has 0 saturated carbocycles. The van der Waals surface area contributed by atoms with E-state index in [1.54, 1.807) is 4.90 Å². The van der Waals surface area contributed by atoms with Gasteiger partial charge in [-0.05, 0) is 18.8 Å². The Hall–Kier alpha value is -0.580. The molecule has 0 bridgehead atoms. The molecule has 1 aliphatic heterocycles. The van der Waals surface area contributed by atoms with Crippen LogP contribution in [-0.4, -0.2) is 43.8 Å². The molecule has 0 aliphatic carbocycles. The zero-order valence-corrected chi connectivity index (χ0v) is 13.0. The molecule has 1 heterocycles. The summed E-state index contributed by atoms with van der Waals surface area (Å²) in [5.74, 6) is 0.946. The molecule has 1 saturated heterocycles. The Morgan fingerprint density at radius 2 is 1.95 bits per heavy atom. The van der Waals surface area contributed by atoms with Crippen LogP contribution >= 0.6 is 0 Å². The maximum Gasteiger partial charge on any atom is 0.222 e. The van der Waals surface area contributed by atoms with Crippen molar-refractivity contribution in [1.82, 2.24) is 4.90 Å². The second-order valence-corrected chi connectivity index (χ2v) is 7.81. The highest BCUT2D eigenvalue weighted by atomic mass is 32.2. The molecule has 0 N–H and O–H groups in total. The maximum atomic E-state index is 12.2. The van der Waals surface area contributed by atoms with Crippen molar-refractivity contribution in [1.29, 1.82) is 0 Å². The van der Waals surface area contributed by atoms with Crippen molar-refractivity contribution < 1.29 is 13.2 Å². The van der Waals surface area contributed by atoms with E-state index in [2.05, 4.69) is 13.8 Å². The third kappa shape index (κ3) is 5.93. The van der Waals surface area contributed by atoms with E-state index in [0.717, 1.165) is 19.3 Å². The predicted octanol–water partition coefficient (Wildman–Crippen LogP) is 2.24. The maximum absolute atomic E-state index is 12.2. The van der Waals surface area contributed by atoms with Crippen LogP contribution in [0.5, 0.6) is 0 Å². The van der Waals surface area contributed by atoms with E-state index < -0.39 is 9.84 Å². The van der Waals surface area contributed by atoms with Crippen LogP contribution in [-0.2, 0) is 14.6 Å². The smallest absolute Gasteiger partial charge is 0.222 e. The van der Waals surface area contributed by atoms with Crippen molar-refractivity contribution in [3.05, 3.63) is 0 Å². The van der Waals surface area contributed by atoms with Gasteiger partial charge in [-0.25, -0.2) is 8.42 Å². The lowest BCUT2D eigenvalue weighted by Crippen LogP contribution is -2.34. The van der Waals surface area contributed by atoms with Gasteiger partial charge in [0.1, 0.15) is 0 Å². The van der Waals surface area contributed by atoms with Gasteiger partial charge in [0.25, 0.3) is 0 Å². The van der Waals surface area contributed by atoms with E-state index in [9.17, 15) is 13.2 Å². The van der Waals surface area contributed by atoms with Crippen LogP contribution in [0.25, 0.3) is 0 Å². The number of unbranched alkanes of at least 4 members (excludes halogenated alkanes) is 1. The molecule has 1 atom stereocenters. The Kier molecular flexibility index (Phi) is 6.83. The Labute approximate surface area is 117 Å². The van der Waals surface area contributed by atoms with Gasteiger partial charge in [-0.1, -0.05) is 33.1 Å². The van der Waals surface area contributed by atoms with Crippen LogP contribution < -0.4 is 0 Å². The van der Waals surface area contributed by atoms with Crippen LogP contribution in [0.1, 0.15) is 52.4 Å². The van der Waals surface area contributed by atoms with Gasteiger partial charge in [-0.2, -0.15) is 0 Å². The zero-order valence-electron chi connectivity index (χ0n) is 12.2. The fourth-order valence-corrected chi connectivity index (χ4v) is 3.78. The highest BCUT2D eigenvalue weighted by Gasteiger charge is 2.23. The summed E-state index contributed by atoms with van der Waals surface area (Å²) in [5, 5.41) is 0. The first-order chi connectivity index (χ1) is 8.98. The van der Waals surface area contributed by atoms with Crippen LogP contribution in [0.15, 0.2) is 0 Å². The van der Waals surface area contributed by atoms with Gasteiger partial charge >= 0.3 is 0 Å². The molecule has 0 aromatic carbocycles. The van der Waals surface area contributed by atoms with Crippen LogP contribution in [0.3, 0.4) is 0 Å². The molecule has 1 aliphatic rings. The second-order valence-electron chi connectivity index (χ2n) is 5.51. The molecule has 4 nitrogen and oxygen atoms in total. The number of carbonyl (C=O) groups is 1. The highest BCUT2D eigenvalue weighted by molar-refractivity contribution is 7.91. The molecular formula is C14H27NO3S. The monoisotopic (exact) mass is 289 g/mol. The van der Waals surface area contributed by atoms with Crippen molar-refractivity contribution in [2.24, 2.45) is 5.92 Å².